The van der Waals surface area contributed by atoms with Gasteiger partial charge in [0.05, 0.1) is 11.5 Å². The average Bonchev–Trinajstić information content (AvgIpc) is 3.08. The summed E-state index contributed by atoms with van der Waals surface area (Å²) in [6.45, 7) is 2.17. The van der Waals surface area contributed by atoms with E-state index in [4.69, 9.17) is 0 Å². The van der Waals surface area contributed by atoms with Gasteiger partial charge in [0.15, 0.2) is 5.65 Å². The van der Waals surface area contributed by atoms with Crippen LogP contribution >= 0.6 is 15.9 Å². The first kappa shape index (κ1) is 17.7. The Hall–Kier alpha value is -2.70. The van der Waals surface area contributed by atoms with E-state index >= 15 is 0 Å². The lowest BCUT2D eigenvalue weighted by Crippen LogP contribution is -2.16. The van der Waals surface area contributed by atoms with E-state index in [2.05, 4.69) is 54.1 Å². The van der Waals surface area contributed by atoms with Crippen LogP contribution in [0.25, 0.3) is 27.8 Å². The number of benzene rings is 2. The van der Waals surface area contributed by atoms with Gasteiger partial charge in [0, 0.05) is 28.5 Å². The van der Waals surface area contributed by atoms with E-state index in [9.17, 15) is 5.11 Å². The lowest BCUT2D eigenvalue weighted by atomic mass is 10.1. The molecular weight excluding hydrogens is 404 g/mol. The monoisotopic (exact) mass is 422 g/mol. The van der Waals surface area contributed by atoms with Gasteiger partial charge < -0.3 is 15.0 Å². The van der Waals surface area contributed by atoms with Crippen molar-refractivity contribution in [1.29, 1.82) is 0 Å². The van der Waals surface area contributed by atoms with Gasteiger partial charge in [-0.3, -0.25) is 0 Å². The Morgan fingerprint density at radius 2 is 1.81 bits per heavy atom. The van der Waals surface area contributed by atoms with Crippen molar-refractivity contribution < 1.29 is 5.11 Å². The second kappa shape index (κ2) is 7.50. The molecule has 5 nitrogen and oxygen atoms in total. The minimum Gasteiger partial charge on any atom is -0.392 e. The van der Waals surface area contributed by atoms with Crippen LogP contribution in [0.5, 0.6) is 0 Å². The quantitative estimate of drug-likeness (QED) is 0.491. The second-order valence-corrected chi connectivity index (χ2v) is 7.32. The zero-order valence-electron chi connectivity index (χ0n) is 14.8. The summed E-state index contributed by atoms with van der Waals surface area (Å²) in [6.07, 6.45) is 3.17. The van der Waals surface area contributed by atoms with Crippen molar-refractivity contribution in [3.05, 3.63) is 71.6 Å². The standard InChI is InChI=1S/C21H19BrN4O/c1-14(27)11-23-20-19-18(15-5-3-2-4-6-15)12-26(21(19)25-13-24-20)17-9-7-16(22)8-10-17/h2-10,12-14,27H,11H2,1H3,(H,23,24,25)/t14-/m0/s1. The normalized spacial score (nSPS) is 12.3. The van der Waals surface area contributed by atoms with Gasteiger partial charge >= 0.3 is 0 Å². The smallest absolute Gasteiger partial charge is 0.150 e. The van der Waals surface area contributed by atoms with Gasteiger partial charge in [0.25, 0.3) is 0 Å². The highest BCUT2D eigenvalue weighted by Crippen LogP contribution is 2.35. The van der Waals surface area contributed by atoms with E-state index in [0.29, 0.717) is 6.54 Å². The van der Waals surface area contributed by atoms with Crippen LogP contribution in [0.1, 0.15) is 6.92 Å². The number of fused-ring (bicyclic) bond motifs is 1. The molecule has 0 aliphatic carbocycles. The lowest BCUT2D eigenvalue weighted by molar-refractivity contribution is 0.208. The highest BCUT2D eigenvalue weighted by atomic mass is 79.9. The van der Waals surface area contributed by atoms with Crippen molar-refractivity contribution in [2.45, 2.75) is 13.0 Å². The van der Waals surface area contributed by atoms with Crippen LogP contribution in [0.15, 0.2) is 71.6 Å². The van der Waals surface area contributed by atoms with E-state index in [1.165, 1.54) is 0 Å². The molecule has 0 unspecified atom stereocenters. The molecule has 6 heteroatoms. The van der Waals surface area contributed by atoms with Crippen LogP contribution < -0.4 is 5.32 Å². The molecule has 136 valence electrons. The largest absolute Gasteiger partial charge is 0.392 e. The molecule has 4 rings (SSSR count). The maximum absolute atomic E-state index is 9.67. The topological polar surface area (TPSA) is 63.0 Å². The zero-order valence-corrected chi connectivity index (χ0v) is 16.4. The maximum atomic E-state index is 9.67. The Kier molecular flexibility index (Phi) is 4.92. The third-order valence-corrected chi connectivity index (χ3v) is 4.87. The fraction of sp³-hybridized carbons (Fsp3) is 0.143. The van der Waals surface area contributed by atoms with Crippen LogP contribution in [0.2, 0.25) is 0 Å². The van der Waals surface area contributed by atoms with E-state index in [1.807, 2.05) is 42.5 Å². The molecular formula is C21H19BrN4O. The first-order chi connectivity index (χ1) is 13.1. The van der Waals surface area contributed by atoms with Crippen LogP contribution in [0, 0.1) is 0 Å². The summed E-state index contributed by atoms with van der Waals surface area (Å²) in [5.74, 6) is 0.718. The first-order valence-electron chi connectivity index (χ1n) is 8.73. The highest BCUT2D eigenvalue weighted by molar-refractivity contribution is 9.10. The third kappa shape index (κ3) is 3.59. The number of anilines is 1. The number of halogens is 1. The molecule has 2 aromatic carbocycles. The van der Waals surface area contributed by atoms with E-state index in [-0.39, 0.29) is 0 Å². The van der Waals surface area contributed by atoms with Gasteiger partial charge in [0.2, 0.25) is 0 Å². The van der Waals surface area contributed by atoms with Crippen molar-refractivity contribution in [1.82, 2.24) is 14.5 Å². The van der Waals surface area contributed by atoms with Gasteiger partial charge in [-0.25, -0.2) is 9.97 Å². The molecule has 0 radical (unpaired) electrons. The van der Waals surface area contributed by atoms with Crippen LogP contribution in [0.3, 0.4) is 0 Å². The molecule has 0 aliphatic rings. The van der Waals surface area contributed by atoms with Gasteiger partial charge in [-0.1, -0.05) is 46.3 Å². The summed E-state index contributed by atoms with van der Waals surface area (Å²) in [5.41, 5.74) is 3.97. The number of nitrogens with zero attached hydrogens (tertiary/aromatic N) is 3. The molecule has 4 aromatic rings. The number of rotatable bonds is 5. The molecule has 0 aliphatic heterocycles. The molecule has 2 N–H and O–H groups in total. The molecule has 0 fully saturated rings. The number of aliphatic hydroxyl groups is 1. The Bertz CT molecular complexity index is 1060. The molecule has 27 heavy (non-hydrogen) atoms. The Labute approximate surface area is 165 Å². The maximum Gasteiger partial charge on any atom is 0.150 e. The Balaban J connectivity index is 1.95. The van der Waals surface area contributed by atoms with Gasteiger partial charge in [-0.05, 0) is 36.8 Å². The van der Waals surface area contributed by atoms with Gasteiger partial charge in [-0.15, -0.1) is 0 Å². The van der Waals surface area contributed by atoms with Crippen LogP contribution in [-0.2, 0) is 0 Å². The van der Waals surface area contributed by atoms with Crippen molar-refractivity contribution in [2.75, 3.05) is 11.9 Å². The number of hydrogen-bond donors (Lipinski definition) is 2. The lowest BCUT2D eigenvalue weighted by Gasteiger charge is -2.10. The minimum absolute atomic E-state index is 0.420. The van der Waals surface area contributed by atoms with Crippen molar-refractivity contribution >= 4 is 32.8 Å². The van der Waals surface area contributed by atoms with Gasteiger partial charge in [0.1, 0.15) is 12.1 Å². The number of nitrogens with one attached hydrogen (secondary N) is 1. The van der Waals surface area contributed by atoms with Crippen molar-refractivity contribution in [3.8, 4) is 16.8 Å². The van der Waals surface area contributed by atoms with Crippen molar-refractivity contribution in [3.63, 3.8) is 0 Å². The highest BCUT2D eigenvalue weighted by Gasteiger charge is 2.17. The van der Waals surface area contributed by atoms with Crippen LogP contribution in [0.4, 0.5) is 5.82 Å². The molecule has 2 heterocycles. The summed E-state index contributed by atoms with van der Waals surface area (Å²) >= 11 is 3.49. The fourth-order valence-electron chi connectivity index (χ4n) is 3.08. The van der Waals surface area contributed by atoms with E-state index in [1.54, 1.807) is 13.3 Å². The molecule has 0 saturated heterocycles. The SMILES string of the molecule is C[C@H](O)CNc1ncnc2c1c(-c1ccccc1)cn2-c1ccc(Br)cc1. The van der Waals surface area contributed by atoms with E-state index < -0.39 is 6.10 Å². The fourth-order valence-corrected chi connectivity index (χ4v) is 3.34. The predicted octanol–water partition coefficient (Wildman–Crippen LogP) is 4.64. The molecule has 0 amide bonds. The van der Waals surface area contributed by atoms with Crippen molar-refractivity contribution in [2.24, 2.45) is 0 Å². The second-order valence-electron chi connectivity index (χ2n) is 6.41. The van der Waals surface area contributed by atoms with Crippen LogP contribution in [-0.4, -0.2) is 32.3 Å². The molecule has 0 saturated carbocycles. The number of aliphatic hydroxyl groups excluding tert-OH is 1. The summed E-state index contributed by atoms with van der Waals surface area (Å²) in [5, 5.41) is 13.9. The summed E-state index contributed by atoms with van der Waals surface area (Å²) in [4.78, 5) is 8.98. The summed E-state index contributed by atoms with van der Waals surface area (Å²) in [7, 11) is 0. The molecule has 0 spiro atoms. The Morgan fingerprint density at radius 1 is 1.07 bits per heavy atom. The van der Waals surface area contributed by atoms with Gasteiger partial charge in [-0.2, -0.15) is 0 Å². The summed E-state index contributed by atoms with van der Waals surface area (Å²) in [6, 6.07) is 18.3. The third-order valence-electron chi connectivity index (χ3n) is 4.34. The number of aromatic nitrogens is 3. The average molecular weight is 423 g/mol. The first-order valence-corrected chi connectivity index (χ1v) is 9.52. The Morgan fingerprint density at radius 3 is 2.52 bits per heavy atom. The molecule has 2 aromatic heterocycles. The zero-order chi connectivity index (χ0) is 18.8. The minimum atomic E-state index is -0.469. The summed E-state index contributed by atoms with van der Waals surface area (Å²) < 4.78 is 3.10. The van der Waals surface area contributed by atoms with E-state index in [0.717, 1.165) is 38.1 Å². The number of hydrogen-bond acceptors (Lipinski definition) is 4. The predicted molar refractivity (Wildman–Crippen MR) is 112 cm³/mol. The molecule has 1 atom stereocenters. The molecule has 0 bridgehead atoms.